The molecule has 3 rings (SSSR count). The lowest BCUT2D eigenvalue weighted by atomic mass is 10.2. The average molecular weight is 357 g/mol. The van der Waals surface area contributed by atoms with Crippen LogP contribution in [0.1, 0.15) is 12.5 Å². The smallest absolute Gasteiger partial charge is 0.321 e. The Hall–Kier alpha value is -2.60. The van der Waals surface area contributed by atoms with Crippen LogP contribution in [0.4, 0.5) is 14.9 Å². The van der Waals surface area contributed by atoms with Crippen LogP contribution in [0.25, 0.3) is 0 Å². The second-order valence-corrected chi connectivity index (χ2v) is 6.28. The van der Waals surface area contributed by atoms with Crippen molar-refractivity contribution in [1.29, 1.82) is 0 Å². The number of hydrogen-bond donors (Lipinski definition) is 1. The standard InChI is InChI=1S/C20H24FN3O2/c1-2-26-19-9-7-18(8-10-19)22-20(25)24-13-11-23(12-14-24)15-16-3-5-17(21)6-4-16/h3-10H,2,11-15H2,1H3,(H,22,25). The number of urea groups is 1. The number of rotatable bonds is 5. The first-order chi connectivity index (χ1) is 12.6. The van der Waals surface area contributed by atoms with E-state index in [0.717, 1.165) is 36.6 Å². The molecule has 2 aromatic rings. The Balaban J connectivity index is 1.46. The molecule has 1 aliphatic heterocycles. The Morgan fingerprint density at radius 2 is 1.69 bits per heavy atom. The molecule has 0 atom stereocenters. The van der Waals surface area contributed by atoms with Crippen LogP contribution < -0.4 is 10.1 Å². The van der Waals surface area contributed by atoms with E-state index in [-0.39, 0.29) is 11.8 Å². The Morgan fingerprint density at radius 1 is 1.04 bits per heavy atom. The van der Waals surface area contributed by atoms with Gasteiger partial charge < -0.3 is 15.0 Å². The lowest BCUT2D eigenvalue weighted by molar-refractivity contribution is 0.143. The first-order valence-electron chi connectivity index (χ1n) is 8.89. The monoisotopic (exact) mass is 357 g/mol. The minimum absolute atomic E-state index is 0.0874. The van der Waals surface area contributed by atoms with Gasteiger partial charge >= 0.3 is 6.03 Å². The lowest BCUT2D eigenvalue weighted by Gasteiger charge is -2.34. The highest BCUT2D eigenvalue weighted by atomic mass is 19.1. The predicted octanol–water partition coefficient (Wildman–Crippen LogP) is 3.57. The van der Waals surface area contributed by atoms with Gasteiger partial charge in [0.1, 0.15) is 11.6 Å². The second-order valence-electron chi connectivity index (χ2n) is 6.28. The highest BCUT2D eigenvalue weighted by Crippen LogP contribution is 2.17. The fraction of sp³-hybridized carbons (Fsp3) is 0.350. The van der Waals surface area contributed by atoms with Crippen LogP contribution in [0.5, 0.6) is 5.75 Å². The third-order valence-corrected chi connectivity index (χ3v) is 4.40. The van der Waals surface area contributed by atoms with Crippen LogP contribution in [0.3, 0.4) is 0 Å². The molecule has 2 amide bonds. The van der Waals surface area contributed by atoms with Gasteiger partial charge in [-0.05, 0) is 48.9 Å². The van der Waals surface area contributed by atoms with E-state index in [1.165, 1.54) is 12.1 Å². The number of anilines is 1. The molecule has 6 heteroatoms. The number of piperazine rings is 1. The number of halogens is 1. The fourth-order valence-electron chi connectivity index (χ4n) is 2.96. The van der Waals surface area contributed by atoms with Crippen LogP contribution in [-0.2, 0) is 6.54 Å². The topological polar surface area (TPSA) is 44.8 Å². The van der Waals surface area contributed by atoms with Gasteiger partial charge in [-0.3, -0.25) is 4.90 Å². The zero-order valence-electron chi connectivity index (χ0n) is 15.0. The minimum Gasteiger partial charge on any atom is -0.494 e. The molecule has 0 aromatic heterocycles. The average Bonchev–Trinajstić information content (AvgIpc) is 2.66. The summed E-state index contributed by atoms with van der Waals surface area (Å²) < 4.78 is 18.4. The van der Waals surface area contributed by atoms with Crippen LogP contribution in [0.2, 0.25) is 0 Å². The molecule has 138 valence electrons. The van der Waals surface area contributed by atoms with Crippen molar-refractivity contribution in [2.45, 2.75) is 13.5 Å². The molecule has 1 N–H and O–H groups in total. The number of amides is 2. The van der Waals surface area contributed by atoms with Gasteiger partial charge in [0.25, 0.3) is 0 Å². The quantitative estimate of drug-likeness (QED) is 0.890. The number of carbonyl (C=O) groups is 1. The van der Waals surface area contributed by atoms with Crippen molar-refractivity contribution in [3.63, 3.8) is 0 Å². The molecular weight excluding hydrogens is 333 g/mol. The maximum atomic E-state index is 13.0. The van der Waals surface area contributed by atoms with Gasteiger partial charge in [-0.15, -0.1) is 0 Å². The summed E-state index contributed by atoms with van der Waals surface area (Å²) >= 11 is 0. The molecule has 0 saturated carbocycles. The van der Waals surface area contributed by atoms with E-state index in [0.29, 0.717) is 19.7 Å². The number of nitrogens with zero attached hydrogens (tertiary/aromatic N) is 2. The maximum absolute atomic E-state index is 13.0. The van der Waals surface area contributed by atoms with Gasteiger partial charge in [0.05, 0.1) is 6.61 Å². The zero-order valence-corrected chi connectivity index (χ0v) is 15.0. The van der Waals surface area contributed by atoms with Crippen LogP contribution >= 0.6 is 0 Å². The highest BCUT2D eigenvalue weighted by molar-refractivity contribution is 5.89. The Labute approximate surface area is 153 Å². The van der Waals surface area contributed by atoms with E-state index >= 15 is 0 Å². The van der Waals surface area contributed by atoms with Gasteiger partial charge in [0.2, 0.25) is 0 Å². The molecule has 0 radical (unpaired) electrons. The van der Waals surface area contributed by atoms with E-state index < -0.39 is 0 Å². The molecule has 1 aliphatic rings. The molecule has 0 aliphatic carbocycles. The molecular formula is C20H24FN3O2. The summed E-state index contributed by atoms with van der Waals surface area (Å²) in [6.45, 7) is 6.27. The molecule has 1 heterocycles. The maximum Gasteiger partial charge on any atom is 0.321 e. The third-order valence-electron chi connectivity index (χ3n) is 4.40. The first kappa shape index (κ1) is 18.2. The Bertz CT molecular complexity index is 711. The zero-order chi connectivity index (χ0) is 18.4. The van der Waals surface area contributed by atoms with E-state index in [2.05, 4.69) is 10.2 Å². The molecule has 0 bridgehead atoms. The van der Waals surface area contributed by atoms with Crippen molar-refractivity contribution in [1.82, 2.24) is 9.80 Å². The molecule has 1 fully saturated rings. The van der Waals surface area contributed by atoms with Crippen molar-refractivity contribution in [3.05, 3.63) is 59.9 Å². The summed E-state index contributed by atoms with van der Waals surface area (Å²) in [7, 11) is 0. The Morgan fingerprint density at radius 3 is 2.31 bits per heavy atom. The van der Waals surface area contributed by atoms with E-state index in [1.807, 2.05) is 36.1 Å². The third kappa shape index (κ3) is 4.95. The summed E-state index contributed by atoms with van der Waals surface area (Å²) in [5.41, 5.74) is 1.84. The summed E-state index contributed by atoms with van der Waals surface area (Å²) in [6, 6.07) is 13.9. The fourth-order valence-corrected chi connectivity index (χ4v) is 2.96. The van der Waals surface area contributed by atoms with E-state index in [9.17, 15) is 9.18 Å². The normalized spacial score (nSPS) is 14.9. The number of benzene rings is 2. The summed E-state index contributed by atoms with van der Waals surface area (Å²) in [5.74, 6) is 0.574. The van der Waals surface area contributed by atoms with Gasteiger partial charge in [0, 0.05) is 38.4 Å². The van der Waals surface area contributed by atoms with Crippen molar-refractivity contribution in [2.24, 2.45) is 0 Å². The van der Waals surface area contributed by atoms with Crippen LogP contribution in [0, 0.1) is 5.82 Å². The number of hydrogen-bond acceptors (Lipinski definition) is 3. The van der Waals surface area contributed by atoms with Crippen molar-refractivity contribution >= 4 is 11.7 Å². The van der Waals surface area contributed by atoms with Crippen LogP contribution in [-0.4, -0.2) is 48.6 Å². The number of nitrogens with one attached hydrogen (secondary N) is 1. The highest BCUT2D eigenvalue weighted by Gasteiger charge is 2.21. The molecule has 26 heavy (non-hydrogen) atoms. The number of carbonyl (C=O) groups excluding carboxylic acids is 1. The predicted molar refractivity (Wildman–Crippen MR) is 99.9 cm³/mol. The van der Waals surface area contributed by atoms with Gasteiger partial charge in [-0.2, -0.15) is 0 Å². The first-order valence-corrected chi connectivity index (χ1v) is 8.89. The molecule has 5 nitrogen and oxygen atoms in total. The van der Waals surface area contributed by atoms with Crippen molar-refractivity contribution < 1.29 is 13.9 Å². The van der Waals surface area contributed by atoms with E-state index in [4.69, 9.17) is 4.74 Å². The lowest BCUT2D eigenvalue weighted by Crippen LogP contribution is -2.49. The summed E-state index contributed by atoms with van der Waals surface area (Å²) in [5, 5.41) is 2.92. The van der Waals surface area contributed by atoms with E-state index in [1.54, 1.807) is 12.1 Å². The van der Waals surface area contributed by atoms with Crippen LogP contribution in [0.15, 0.2) is 48.5 Å². The van der Waals surface area contributed by atoms with Crippen molar-refractivity contribution in [2.75, 3.05) is 38.1 Å². The largest absolute Gasteiger partial charge is 0.494 e. The molecule has 0 unspecified atom stereocenters. The Kier molecular flexibility index (Phi) is 6.07. The summed E-state index contributed by atoms with van der Waals surface area (Å²) in [6.07, 6.45) is 0. The minimum atomic E-state index is -0.218. The number of ether oxygens (including phenoxy) is 1. The second kappa shape index (κ2) is 8.67. The molecule has 2 aromatic carbocycles. The van der Waals surface area contributed by atoms with Gasteiger partial charge in [-0.1, -0.05) is 12.1 Å². The summed E-state index contributed by atoms with van der Waals surface area (Å²) in [4.78, 5) is 16.5. The molecule has 1 saturated heterocycles. The van der Waals surface area contributed by atoms with Crippen molar-refractivity contribution in [3.8, 4) is 5.75 Å². The van der Waals surface area contributed by atoms with Gasteiger partial charge in [-0.25, -0.2) is 9.18 Å². The van der Waals surface area contributed by atoms with Gasteiger partial charge in [0.15, 0.2) is 0 Å². The molecule has 0 spiro atoms. The SMILES string of the molecule is CCOc1ccc(NC(=O)N2CCN(Cc3ccc(F)cc3)CC2)cc1.